The third-order valence-corrected chi connectivity index (χ3v) is 6.02. The molecule has 0 N–H and O–H groups in total. The quantitative estimate of drug-likeness (QED) is 0.594. The Morgan fingerprint density at radius 3 is 2.33 bits per heavy atom. The third kappa shape index (κ3) is 4.01. The van der Waals surface area contributed by atoms with Crippen LogP contribution in [0.2, 0.25) is 0 Å². The van der Waals surface area contributed by atoms with Crippen LogP contribution in [0.15, 0.2) is 59.5 Å². The van der Waals surface area contributed by atoms with Gasteiger partial charge in [-0.05, 0) is 50.8 Å². The van der Waals surface area contributed by atoms with Gasteiger partial charge in [0, 0.05) is 0 Å². The molecular formula is C18H21NO4S. The third-order valence-electron chi connectivity index (χ3n) is 3.64. The number of ether oxygens (including phenoxy) is 1. The molecule has 6 heteroatoms. The van der Waals surface area contributed by atoms with Gasteiger partial charge in [-0.3, -0.25) is 4.90 Å². The molecule has 2 aromatic carbocycles. The molecule has 0 amide bonds. The average Bonchev–Trinajstić information content (AvgIpc) is 2.56. The van der Waals surface area contributed by atoms with Crippen LogP contribution in [0, 0.1) is 0 Å². The summed E-state index contributed by atoms with van der Waals surface area (Å²) < 4.78 is 30.8. The molecule has 1 atom stereocenters. The fourth-order valence-electron chi connectivity index (χ4n) is 2.47. The smallest absolute Gasteiger partial charge is 0.343 e. The number of carbonyl (C=O) groups is 1. The van der Waals surface area contributed by atoms with Crippen molar-refractivity contribution in [3.05, 3.63) is 60.2 Å². The van der Waals surface area contributed by atoms with Gasteiger partial charge in [-0.25, -0.2) is 13.2 Å². The van der Waals surface area contributed by atoms with Crippen LogP contribution in [0.25, 0.3) is 0 Å². The molecule has 0 spiro atoms. The van der Waals surface area contributed by atoms with Gasteiger partial charge in [-0.2, -0.15) is 0 Å². The van der Waals surface area contributed by atoms with Crippen molar-refractivity contribution in [3.8, 4) is 5.75 Å². The predicted octanol–water partition coefficient (Wildman–Crippen LogP) is 2.98. The van der Waals surface area contributed by atoms with Crippen LogP contribution in [-0.4, -0.2) is 38.8 Å². The maximum absolute atomic E-state index is 12.7. The number of hydrogen-bond donors (Lipinski definition) is 0. The Kier molecular flexibility index (Phi) is 5.75. The molecule has 0 heterocycles. The van der Waals surface area contributed by atoms with Crippen molar-refractivity contribution in [3.63, 3.8) is 0 Å². The van der Waals surface area contributed by atoms with E-state index in [0.717, 1.165) is 0 Å². The maximum Gasteiger partial charge on any atom is 0.343 e. The molecule has 0 radical (unpaired) electrons. The molecule has 0 fully saturated rings. The lowest BCUT2D eigenvalue weighted by atomic mass is 10.2. The predicted molar refractivity (Wildman–Crippen MR) is 92.8 cm³/mol. The van der Waals surface area contributed by atoms with Crippen LogP contribution in [0.4, 0.5) is 0 Å². The normalized spacial score (nSPS) is 12.8. The lowest BCUT2D eigenvalue weighted by Gasteiger charge is -2.23. The summed E-state index contributed by atoms with van der Waals surface area (Å²) >= 11 is 0. The summed E-state index contributed by atoms with van der Waals surface area (Å²) in [7, 11) is -0.0843. The summed E-state index contributed by atoms with van der Waals surface area (Å²) in [6.45, 7) is 1.82. The van der Waals surface area contributed by atoms with Crippen LogP contribution < -0.4 is 4.74 Å². The van der Waals surface area contributed by atoms with E-state index in [1.807, 2.05) is 6.92 Å². The van der Waals surface area contributed by atoms with Gasteiger partial charge in [0.05, 0.1) is 10.5 Å². The van der Waals surface area contributed by atoms with E-state index in [0.29, 0.717) is 12.0 Å². The van der Waals surface area contributed by atoms with Gasteiger partial charge in [0.2, 0.25) is 0 Å². The van der Waals surface area contributed by atoms with E-state index < -0.39 is 21.2 Å². The van der Waals surface area contributed by atoms with Gasteiger partial charge < -0.3 is 4.74 Å². The molecule has 0 saturated carbocycles. The maximum atomic E-state index is 12.7. The molecule has 0 aliphatic heterocycles. The van der Waals surface area contributed by atoms with Crippen LogP contribution in [0.3, 0.4) is 0 Å². The van der Waals surface area contributed by atoms with E-state index in [1.54, 1.807) is 61.5 Å². The molecule has 128 valence electrons. The Morgan fingerprint density at radius 2 is 1.75 bits per heavy atom. The summed E-state index contributed by atoms with van der Waals surface area (Å²) in [5.41, 5.74) is 0.408. The van der Waals surface area contributed by atoms with Gasteiger partial charge in [0.25, 0.3) is 0 Å². The molecule has 0 bridgehead atoms. The number of sulfone groups is 1. The summed E-state index contributed by atoms with van der Waals surface area (Å²) in [6, 6.07) is 14.6. The zero-order chi connectivity index (χ0) is 17.7. The van der Waals surface area contributed by atoms with Crippen molar-refractivity contribution in [1.82, 2.24) is 4.90 Å². The van der Waals surface area contributed by atoms with Crippen LogP contribution in [0.1, 0.15) is 23.7 Å². The highest BCUT2D eigenvalue weighted by molar-refractivity contribution is 7.92. The molecule has 0 aliphatic carbocycles. The molecule has 0 saturated heterocycles. The molecule has 2 rings (SSSR count). The Bertz CT molecular complexity index is 801. The summed E-state index contributed by atoms with van der Waals surface area (Å²) in [6.07, 6.45) is 0.462. The highest BCUT2D eigenvalue weighted by Gasteiger charge is 2.28. The van der Waals surface area contributed by atoms with Gasteiger partial charge in [-0.1, -0.05) is 31.2 Å². The second-order valence-electron chi connectivity index (χ2n) is 5.60. The zero-order valence-corrected chi connectivity index (χ0v) is 14.8. The minimum atomic E-state index is -3.54. The van der Waals surface area contributed by atoms with E-state index in [1.165, 1.54) is 12.1 Å². The van der Waals surface area contributed by atoms with Crippen molar-refractivity contribution >= 4 is 15.8 Å². The minimum absolute atomic E-state index is 0.140. The van der Waals surface area contributed by atoms with Crippen molar-refractivity contribution in [2.75, 3.05) is 14.1 Å². The number of hydrogen-bond acceptors (Lipinski definition) is 5. The van der Waals surface area contributed by atoms with Gasteiger partial charge >= 0.3 is 5.97 Å². The number of nitrogens with zero attached hydrogens (tertiary/aromatic N) is 1. The Morgan fingerprint density at radius 1 is 1.08 bits per heavy atom. The summed E-state index contributed by atoms with van der Waals surface area (Å²) in [4.78, 5) is 13.9. The van der Waals surface area contributed by atoms with Gasteiger partial charge in [-0.15, -0.1) is 0 Å². The zero-order valence-electron chi connectivity index (χ0n) is 14.0. The van der Waals surface area contributed by atoms with Crippen LogP contribution in [-0.2, 0) is 9.84 Å². The second kappa shape index (κ2) is 7.59. The average molecular weight is 347 g/mol. The Hall–Kier alpha value is -2.18. The minimum Gasteiger partial charge on any atom is -0.423 e. The van der Waals surface area contributed by atoms with E-state index in [-0.39, 0.29) is 10.6 Å². The lowest BCUT2D eigenvalue weighted by molar-refractivity contribution is 0.0734. The Labute approximate surface area is 142 Å². The van der Waals surface area contributed by atoms with Crippen LogP contribution >= 0.6 is 0 Å². The molecule has 5 nitrogen and oxygen atoms in total. The number of rotatable bonds is 6. The van der Waals surface area contributed by atoms with Crippen molar-refractivity contribution in [2.45, 2.75) is 23.6 Å². The number of benzene rings is 2. The standard InChI is InChI=1S/C18H21NO4S/c1-4-17(19(2)3)24(21,22)16-12-8-11-15(13-16)23-18(20)14-9-6-5-7-10-14/h5-13,17H,4H2,1-3H3. The van der Waals surface area contributed by atoms with Crippen molar-refractivity contribution < 1.29 is 17.9 Å². The SMILES string of the molecule is CCC(N(C)C)S(=O)(=O)c1cccc(OC(=O)c2ccccc2)c1. The number of carbonyl (C=O) groups excluding carboxylic acids is 1. The second-order valence-corrected chi connectivity index (χ2v) is 7.71. The molecule has 0 aliphatic rings. The highest BCUT2D eigenvalue weighted by Crippen LogP contribution is 2.24. The molecule has 2 aromatic rings. The Balaban J connectivity index is 2.28. The first-order valence-corrected chi connectivity index (χ1v) is 9.18. The van der Waals surface area contributed by atoms with E-state index in [9.17, 15) is 13.2 Å². The monoisotopic (exact) mass is 347 g/mol. The molecule has 1 unspecified atom stereocenters. The van der Waals surface area contributed by atoms with E-state index in [2.05, 4.69) is 0 Å². The van der Waals surface area contributed by atoms with Gasteiger partial charge in [0.15, 0.2) is 9.84 Å². The fourth-order valence-corrected chi connectivity index (χ4v) is 4.33. The molecule has 0 aromatic heterocycles. The lowest BCUT2D eigenvalue weighted by Crippen LogP contribution is -2.35. The molecule has 24 heavy (non-hydrogen) atoms. The van der Waals surface area contributed by atoms with Crippen LogP contribution in [0.5, 0.6) is 5.75 Å². The first-order chi connectivity index (χ1) is 11.4. The largest absolute Gasteiger partial charge is 0.423 e. The first-order valence-electron chi connectivity index (χ1n) is 7.64. The first kappa shape index (κ1) is 18.2. The topological polar surface area (TPSA) is 63.7 Å². The number of esters is 1. The highest BCUT2D eigenvalue weighted by atomic mass is 32.2. The van der Waals surface area contributed by atoms with Crippen molar-refractivity contribution in [1.29, 1.82) is 0 Å². The molecular weight excluding hydrogens is 326 g/mol. The summed E-state index contributed by atoms with van der Waals surface area (Å²) in [5, 5.41) is -0.627. The summed E-state index contributed by atoms with van der Waals surface area (Å²) in [5.74, 6) is -0.316. The fraction of sp³-hybridized carbons (Fsp3) is 0.278. The van der Waals surface area contributed by atoms with E-state index >= 15 is 0 Å². The van der Waals surface area contributed by atoms with Crippen molar-refractivity contribution in [2.24, 2.45) is 0 Å². The van der Waals surface area contributed by atoms with E-state index in [4.69, 9.17) is 4.74 Å². The van der Waals surface area contributed by atoms with Gasteiger partial charge in [0.1, 0.15) is 11.1 Å².